The summed E-state index contributed by atoms with van der Waals surface area (Å²) in [6, 6.07) is 16.4. The van der Waals surface area contributed by atoms with Crippen molar-refractivity contribution in [3.63, 3.8) is 0 Å². The molecule has 4 rings (SSSR count). The predicted octanol–water partition coefficient (Wildman–Crippen LogP) is 5.64. The maximum Gasteiger partial charge on any atom is 0.204 e. The van der Waals surface area contributed by atoms with Gasteiger partial charge in [-0.1, -0.05) is 54.7 Å². The molecule has 0 spiro atoms. The number of piperidine rings is 1. The zero-order chi connectivity index (χ0) is 20.2. The number of ether oxygens (including phenoxy) is 1. The van der Waals surface area contributed by atoms with Gasteiger partial charge in [0.05, 0.1) is 5.56 Å². The second-order valence-electron chi connectivity index (χ2n) is 7.38. The second kappa shape index (κ2) is 8.62. The van der Waals surface area contributed by atoms with Crippen LogP contribution >= 0.6 is 11.3 Å². The number of thiazole rings is 1. The Morgan fingerprint density at radius 3 is 2.66 bits per heavy atom. The SMILES string of the molecule is CC1CCN(c2nc(-c3ccc(C#N)c(F)c3)c(OCc3ccccc3)s2)CC1. The highest BCUT2D eigenvalue weighted by Crippen LogP contribution is 2.41. The monoisotopic (exact) mass is 407 g/mol. The Morgan fingerprint density at radius 1 is 1.21 bits per heavy atom. The van der Waals surface area contributed by atoms with Crippen LogP contribution in [-0.2, 0) is 6.61 Å². The van der Waals surface area contributed by atoms with E-state index in [0.29, 0.717) is 22.9 Å². The van der Waals surface area contributed by atoms with Crippen LogP contribution in [-0.4, -0.2) is 18.1 Å². The van der Waals surface area contributed by atoms with Crippen LogP contribution in [0.5, 0.6) is 5.06 Å². The number of nitrogens with zero attached hydrogens (tertiary/aromatic N) is 3. The van der Waals surface area contributed by atoms with Crippen molar-refractivity contribution in [3.8, 4) is 22.4 Å². The lowest BCUT2D eigenvalue weighted by atomic mass is 10.00. The van der Waals surface area contributed by atoms with Crippen LogP contribution < -0.4 is 9.64 Å². The zero-order valence-corrected chi connectivity index (χ0v) is 17.1. The molecule has 1 saturated heterocycles. The van der Waals surface area contributed by atoms with E-state index < -0.39 is 5.82 Å². The fraction of sp³-hybridized carbons (Fsp3) is 0.304. The molecule has 1 fully saturated rings. The molecule has 0 bridgehead atoms. The number of rotatable bonds is 5. The molecule has 0 N–H and O–H groups in total. The van der Waals surface area contributed by atoms with Gasteiger partial charge in [-0.2, -0.15) is 5.26 Å². The van der Waals surface area contributed by atoms with E-state index in [9.17, 15) is 4.39 Å². The Kier molecular flexibility index (Phi) is 5.77. The third kappa shape index (κ3) is 4.41. The summed E-state index contributed by atoms with van der Waals surface area (Å²) < 4.78 is 20.3. The maximum absolute atomic E-state index is 14.2. The topological polar surface area (TPSA) is 49.2 Å². The molecule has 1 aliphatic heterocycles. The smallest absolute Gasteiger partial charge is 0.204 e. The lowest BCUT2D eigenvalue weighted by Gasteiger charge is -2.29. The van der Waals surface area contributed by atoms with Crippen LogP contribution in [0.3, 0.4) is 0 Å². The van der Waals surface area contributed by atoms with Gasteiger partial charge in [0.2, 0.25) is 5.06 Å². The summed E-state index contributed by atoms with van der Waals surface area (Å²) in [5.74, 6) is 0.187. The van der Waals surface area contributed by atoms with Crippen molar-refractivity contribution < 1.29 is 9.13 Å². The Morgan fingerprint density at radius 2 is 1.97 bits per heavy atom. The van der Waals surface area contributed by atoms with E-state index in [-0.39, 0.29) is 5.56 Å². The quantitative estimate of drug-likeness (QED) is 0.549. The van der Waals surface area contributed by atoms with Gasteiger partial charge in [-0.25, -0.2) is 9.37 Å². The number of aromatic nitrogens is 1. The molecular weight excluding hydrogens is 385 g/mol. The molecule has 0 unspecified atom stereocenters. The maximum atomic E-state index is 14.2. The molecule has 0 radical (unpaired) electrons. The molecule has 0 saturated carbocycles. The third-order valence-corrected chi connectivity index (χ3v) is 6.24. The summed E-state index contributed by atoms with van der Waals surface area (Å²) in [6.45, 7) is 4.63. The van der Waals surface area contributed by atoms with Crippen LogP contribution in [0, 0.1) is 23.1 Å². The van der Waals surface area contributed by atoms with Gasteiger partial charge in [0.25, 0.3) is 0 Å². The summed E-state index contributed by atoms with van der Waals surface area (Å²) >= 11 is 1.50. The number of hydrogen-bond acceptors (Lipinski definition) is 5. The van der Waals surface area contributed by atoms with Crippen molar-refractivity contribution >= 4 is 16.5 Å². The minimum Gasteiger partial charge on any atom is -0.477 e. The highest BCUT2D eigenvalue weighted by atomic mass is 32.1. The van der Waals surface area contributed by atoms with Crippen LogP contribution in [0.4, 0.5) is 9.52 Å². The zero-order valence-electron chi connectivity index (χ0n) is 16.3. The Bertz CT molecular complexity index is 1020. The first-order valence-corrected chi connectivity index (χ1v) is 10.6. The fourth-order valence-electron chi connectivity index (χ4n) is 3.39. The standard InChI is InChI=1S/C23H22FN3OS/c1-16-9-11-27(12-10-16)23-26-21(18-7-8-19(14-25)20(24)13-18)22(29-23)28-15-17-5-3-2-4-6-17/h2-8,13,16H,9-12,15H2,1H3. The van der Waals surface area contributed by atoms with Crippen LogP contribution in [0.15, 0.2) is 48.5 Å². The van der Waals surface area contributed by atoms with Crippen molar-refractivity contribution in [1.29, 1.82) is 5.26 Å². The molecule has 2 aromatic carbocycles. The summed E-state index contributed by atoms with van der Waals surface area (Å²) in [6.07, 6.45) is 2.28. The van der Waals surface area contributed by atoms with Crippen LogP contribution in [0.25, 0.3) is 11.3 Å². The van der Waals surface area contributed by atoms with Gasteiger partial charge in [-0.05, 0) is 36.5 Å². The fourth-order valence-corrected chi connectivity index (χ4v) is 4.38. The van der Waals surface area contributed by atoms with E-state index in [4.69, 9.17) is 15.0 Å². The van der Waals surface area contributed by atoms with Crippen molar-refractivity contribution in [1.82, 2.24) is 4.98 Å². The van der Waals surface area contributed by atoms with Crippen molar-refractivity contribution in [3.05, 3.63) is 65.5 Å². The van der Waals surface area contributed by atoms with Gasteiger partial charge in [0, 0.05) is 18.7 Å². The molecule has 6 heteroatoms. The summed E-state index contributed by atoms with van der Waals surface area (Å²) in [4.78, 5) is 7.09. The van der Waals surface area contributed by atoms with E-state index in [1.165, 1.54) is 23.5 Å². The van der Waals surface area contributed by atoms with Crippen molar-refractivity contribution in [2.75, 3.05) is 18.0 Å². The van der Waals surface area contributed by atoms with E-state index in [0.717, 1.165) is 42.5 Å². The first kappa shape index (κ1) is 19.4. The minimum absolute atomic E-state index is 0.0287. The minimum atomic E-state index is -0.541. The van der Waals surface area contributed by atoms with Crippen LogP contribution in [0.1, 0.15) is 30.9 Å². The highest BCUT2D eigenvalue weighted by molar-refractivity contribution is 7.17. The number of anilines is 1. The normalized spacial score (nSPS) is 14.6. The number of nitriles is 1. The first-order valence-electron chi connectivity index (χ1n) is 9.76. The van der Waals surface area contributed by atoms with Gasteiger partial charge in [0.1, 0.15) is 24.2 Å². The summed E-state index contributed by atoms with van der Waals surface area (Å²) in [5.41, 5.74) is 2.34. The lowest BCUT2D eigenvalue weighted by Crippen LogP contribution is -2.32. The van der Waals surface area contributed by atoms with Gasteiger partial charge in [0.15, 0.2) is 5.13 Å². The molecule has 3 aromatic rings. The van der Waals surface area contributed by atoms with Crippen LogP contribution in [0.2, 0.25) is 0 Å². The molecule has 148 valence electrons. The summed E-state index contributed by atoms with van der Waals surface area (Å²) in [7, 11) is 0. The highest BCUT2D eigenvalue weighted by Gasteiger charge is 2.23. The molecule has 29 heavy (non-hydrogen) atoms. The largest absolute Gasteiger partial charge is 0.477 e. The molecule has 2 heterocycles. The van der Waals surface area contributed by atoms with Gasteiger partial charge in [-0.15, -0.1) is 0 Å². The molecule has 0 amide bonds. The molecule has 4 nitrogen and oxygen atoms in total. The first-order chi connectivity index (χ1) is 14.1. The van der Waals surface area contributed by atoms with Crippen molar-refractivity contribution in [2.45, 2.75) is 26.4 Å². The average Bonchev–Trinajstić information content (AvgIpc) is 3.18. The third-order valence-electron chi connectivity index (χ3n) is 5.21. The molecule has 0 atom stereocenters. The predicted molar refractivity (Wildman–Crippen MR) is 114 cm³/mol. The Balaban J connectivity index is 1.65. The number of benzene rings is 2. The van der Waals surface area contributed by atoms with Gasteiger partial charge < -0.3 is 9.64 Å². The van der Waals surface area contributed by atoms with Gasteiger partial charge in [-0.3, -0.25) is 0 Å². The van der Waals surface area contributed by atoms with Crippen molar-refractivity contribution in [2.24, 2.45) is 5.92 Å². The molecular formula is C23H22FN3OS. The Hall–Kier alpha value is -2.91. The Labute approximate surface area is 174 Å². The second-order valence-corrected chi connectivity index (χ2v) is 8.32. The number of halogens is 1. The van der Waals surface area contributed by atoms with E-state index in [2.05, 4.69) is 11.8 Å². The molecule has 0 aliphatic carbocycles. The van der Waals surface area contributed by atoms with E-state index >= 15 is 0 Å². The van der Waals surface area contributed by atoms with E-state index in [1.54, 1.807) is 6.07 Å². The lowest BCUT2D eigenvalue weighted by molar-refractivity contribution is 0.316. The summed E-state index contributed by atoms with van der Waals surface area (Å²) in [5, 5.41) is 10.6. The van der Waals surface area contributed by atoms with E-state index in [1.807, 2.05) is 36.4 Å². The average molecular weight is 408 g/mol. The number of hydrogen-bond donors (Lipinski definition) is 0. The molecule has 1 aliphatic rings. The molecule has 1 aromatic heterocycles. The van der Waals surface area contributed by atoms with Gasteiger partial charge >= 0.3 is 0 Å².